The lowest BCUT2D eigenvalue weighted by Crippen LogP contribution is -2.56. The minimum absolute atomic E-state index is 0.0179. The molecule has 0 aromatic heterocycles. The molecule has 4 unspecified atom stereocenters. The fourth-order valence-corrected chi connectivity index (χ4v) is 6.23. The van der Waals surface area contributed by atoms with E-state index in [2.05, 4.69) is 16.7 Å². The molecule has 2 fully saturated rings. The van der Waals surface area contributed by atoms with Crippen LogP contribution in [0.5, 0.6) is 5.75 Å². The number of aliphatic hydroxyl groups excluding tert-OH is 3. The first-order valence-electron chi connectivity index (χ1n) is 12.6. The number of hydrogen-bond acceptors (Lipinski definition) is 9. The van der Waals surface area contributed by atoms with Gasteiger partial charge in [0.1, 0.15) is 29.4 Å². The van der Waals surface area contributed by atoms with Crippen LogP contribution in [0, 0.1) is 5.92 Å². The van der Waals surface area contributed by atoms with Gasteiger partial charge in [-0.2, -0.15) is 0 Å². The minimum Gasteiger partial charge on any atom is -0.497 e. The van der Waals surface area contributed by atoms with Crippen LogP contribution in [0.1, 0.15) is 25.3 Å². The third-order valence-corrected chi connectivity index (χ3v) is 8.53. The second-order valence-electron chi connectivity index (χ2n) is 9.83. The number of benzene rings is 1. The van der Waals surface area contributed by atoms with Gasteiger partial charge in [-0.05, 0) is 42.9 Å². The molecule has 1 aromatic rings. The SMILES string of the molecule is COc1ccc(C2=C[C@H]3CN[C@H](C(=O)N[C@@H](C4CC(O)C(O)[C@@H](O)C(SC)O4)[C@H](C)Cl)[C@@H]3OCC2)cc1. The van der Waals surface area contributed by atoms with Crippen LogP contribution >= 0.6 is 23.4 Å². The Morgan fingerprint density at radius 1 is 1.24 bits per heavy atom. The first kappa shape index (κ1) is 28.6. The number of carbonyl (C=O) groups is 1. The molecule has 4 rings (SSSR count). The number of alkyl halides is 1. The van der Waals surface area contributed by atoms with Gasteiger partial charge in [-0.1, -0.05) is 18.2 Å². The highest BCUT2D eigenvalue weighted by molar-refractivity contribution is 7.99. The number of methoxy groups -OCH3 is 1. The van der Waals surface area contributed by atoms with E-state index < -0.39 is 47.3 Å². The summed E-state index contributed by atoms with van der Waals surface area (Å²) < 4.78 is 17.5. The predicted octanol–water partition coefficient (Wildman–Crippen LogP) is 1.13. The average molecular weight is 557 g/mol. The Balaban J connectivity index is 1.47. The number of halogens is 1. The van der Waals surface area contributed by atoms with Gasteiger partial charge in [-0.3, -0.25) is 4.79 Å². The summed E-state index contributed by atoms with van der Waals surface area (Å²) in [6.45, 7) is 2.82. The van der Waals surface area contributed by atoms with Crippen molar-refractivity contribution >= 4 is 34.8 Å². The van der Waals surface area contributed by atoms with Crippen LogP contribution in [0.2, 0.25) is 0 Å². The van der Waals surface area contributed by atoms with Gasteiger partial charge in [-0.25, -0.2) is 0 Å². The minimum atomic E-state index is -1.35. The zero-order chi connectivity index (χ0) is 26.7. The van der Waals surface area contributed by atoms with Gasteiger partial charge in [-0.15, -0.1) is 23.4 Å². The second-order valence-corrected chi connectivity index (χ2v) is 11.5. The number of hydrogen-bond donors (Lipinski definition) is 5. The largest absolute Gasteiger partial charge is 0.497 e. The van der Waals surface area contributed by atoms with Crippen molar-refractivity contribution in [3.05, 3.63) is 35.9 Å². The quantitative estimate of drug-likeness (QED) is 0.314. The molecule has 0 bridgehead atoms. The standard InChI is InChI=1S/C26H37ClN2O7S/c1-13(27)20(19-11-18(30)22(31)23(32)26(36-19)37-3)29-25(33)21-24-16(12-28-21)10-15(8-9-35-24)14-4-6-17(34-2)7-5-14/h4-7,10,13,16,18-24,26,28,30-32H,8-9,11-12H2,1-3H3,(H,29,33)/t13-,16-,18?,19?,20+,21-,22?,23+,24+,26?/m0/s1. The van der Waals surface area contributed by atoms with Gasteiger partial charge in [0.05, 0.1) is 43.4 Å². The Morgan fingerprint density at radius 2 is 1.97 bits per heavy atom. The Hall–Kier alpha value is -1.37. The molecule has 0 radical (unpaired) electrons. The maximum absolute atomic E-state index is 13.5. The third-order valence-electron chi connectivity index (χ3n) is 7.41. The molecule has 206 valence electrons. The maximum atomic E-state index is 13.5. The highest BCUT2D eigenvalue weighted by atomic mass is 35.5. The van der Waals surface area contributed by atoms with Gasteiger partial charge >= 0.3 is 0 Å². The van der Waals surface area contributed by atoms with Crippen molar-refractivity contribution in [3.63, 3.8) is 0 Å². The van der Waals surface area contributed by atoms with Gasteiger partial charge < -0.3 is 40.2 Å². The van der Waals surface area contributed by atoms with Crippen molar-refractivity contribution in [1.82, 2.24) is 10.6 Å². The topological polar surface area (TPSA) is 130 Å². The number of rotatable bonds is 7. The van der Waals surface area contributed by atoms with Crippen LogP contribution in [-0.2, 0) is 14.3 Å². The van der Waals surface area contributed by atoms with E-state index in [1.54, 1.807) is 20.3 Å². The lowest BCUT2D eigenvalue weighted by molar-refractivity contribution is -0.128. The summed E-state index contributed by atoms with van der Waals surface area (Å²) in [6.07, 6.45) is -0.184. The molecule has 3 aliphatic heterocycles. The molecular weight excluding hydrogens is 520 g/mol. The van der Waals surface area contributed by atoms with E-state index in [-0.39, 0.29) is 24.3 Å². The van der Waals surface area contributed by atoms with Crippen LogP contribution in [-0.4, -0.2) is 101 Å². The van der Waals surface area contributed by atoms with E-state index in [0.29, 0.717) is 13.2 Å². The predicted molar refractivity (Wildman–Crippen MR) is 143 cm³/mol. The summed E-state index contributed by atoms with van der Waals surface area (Å²) in [4.78, 5) is 13.5. The van der Waals surface area contributed by atoms with Crippen molar-refractivity contribution in [2.24, 2.45) is 5.92 Å². The fraction of sp³-hybridized carbons (Fsp3) is 0.654. The van der Waals surface area contributed by atoms with Crippen LogP contribution in [0.3, 0.4) is 0 Å². The molecule has 11 heteroatoms. The lowest BCUT2D eigenvalue weighted by atomic mass is 9.94. The number of ether oxygens (including phenoxy) is 3. The zero-order valence-corrected chi connectivity index (χ0v) is 22.8. The van der Waals surface area contributed by atoms with Crippen molar-refractivity contribution in [1.29, 1.82) is 0 Å². The van der Waals surface area contributed by atoms with Crippen LogP contribution in [0.25, 0.3) is 5.57 Å². The summed E-state index contributed by atoms with van der Waals surface area (Å²) in [6, 6.07) is 6.68. The number of nitrogens with one attached hydrogen (secondary N) is 2. The van der Waals surface area contributed by atoms with Crippen molar-refractivity contribution in [2.75, 3.05) is 26.5 Å². The third kappa shape index (κ3) is 6.45. The number of carbonyl (C=O) groups excluding carboxylic acids is 1. The number of thioether (sulfide) groups is 1. The van der Waals surface area contributed by atoms with E-state index >= 15 is 0 Å². The molecule has 9 nitrogen and oxygen atoms in total. The van der Waals surface area contributed by atoms with E-state index in [9.17, 15) is 20.1 Å². The van der Waals surface area contributed by atoms with Crippen LogP contribution in [0.4, 0.5) is 0 Å². The summed E-state index contributed by atoms with van der Waals surface area (Å²) in [5, 5.41) is 36.8. The highest BCUT2D eigenvalue weighted by Crippen LogP contribution is 2.32. The van der Waals surface area contributed by atoms with Gasteiger partial charge in [0.2, 0.25) is 5.91 Å². The average Bonchev–Trinajstić information content (AvgIpc) is 3.12. The number of fused-ring (bicyclic) bond motifs is 1. The van der Waals surface area contributed by atoms with Crippen LogP contribution in [0.15, 0.2) is 30.3 Å². The van der Waals surface area contributed by atoms with Gasteiger partial charge in [0.25, 0.3) is 0 Å². The lowest BCUT2D eigenvalue weighted by Gasteiger charge is -2.33. The molecule has 2 saturated heterocycles. The molecule has 0 saturated carbocycles. The van der Waals surface area contributed by atoms with E-state index in [0.717, 1.165) is 17.7 Å². The van der Waals surface area contributed by atoms with Crippen LogP contribution < -0.4 is 15.4 Å². The summed E-state index contributed by atoms with van der Waals surface area (Å²) >= 11 is 7.71. The van der Waals surface area contributed by atoms with E-state index in [4.69, 9.17) is 25.8 Å². The fourth-order valence-electron chi connectivity index (χ4n) is 5.31. The first-order valence-corrected chi connectivity index (χ1v) is 14.3. The molecule has 37 heavy (non-hydrogen) atoms. The summed E-state index contributed by atoms with van der Waals surface area (Å²) in [5.74, 6) is 0.548. The molecule has 0 spiro atoms. The van der Waals surface area contributed by atoms with Crippen molar-refractivity contribution < 1.29 is 34.3 Å². The van der Waals surface area contributed by atoms with Gasteiger partial charge in [0.15, 0.2) is 0 Å². The molecule has 1 aromatic carbocycles. The monoisotopic (exact) mass is 556 g/mol. The normalized spacial score (nSPS) is 35.9. The van der Waals surface area contributed by atoms with E-state index in [1.807, 2.05) is 24.3 Å². The molecular formula is C26H37ClN2O7S. The molecule has 0 aliphatic carbocycles. The zero-order valence-electron chi connectivity index (χ0n) is 21.2. The number of aliphatic hydroxyl groups is 3. The molecule has 10 atom stereocenters. The summed E-state index contributed by atoms with van der Waals surface area (Å²) in [7, 11) is 1.64. The maximum Gasteiger partial charge on any atom is 0.240 e. The van der Waals surface area contributed by atoms with Gasteiger partial charge in [0, 0.05) is 18.9 Å². The summed E-state index contributed by atoms with van der Waals surface area (Å²) in [5.41, 5.74) is 1.50. The first-order chi connectivity index (χ1) is 17.7. The molecule has 3 aliphatic rings. The Bertz CT molecular complexity index is 949. The van der Waals surface area contributed by atoms with E-state index in [1.165, 1.54) is 17.3 Å². The Kier molecular flexibility index (Phi) is 9.79. The Morgan fingerprint density at radius 3 is 2.62 bits per heavy atom. The molecule has 5 N–H and O–H groups in total. The van der Waals surface area contributed by atoms with Crippen molar-refractivity contribution in [2.45, 2.75) is 73.2 Å². The number of amides is 1. The Labute approximate surface area is 226 Å². The highest BCUT2D eigenvalue weighted by Gasteiger charge is 2.45. The smallest absolute Gasteiger partial charge is 0.240 e. The molecule has 1 amide bonds. The second kappa shape index (κ2) is 12.7. The molecule has 3 heterocycles. The van der Waals surface area contributed by atoms with Crippen molar-refractivity contribution in [3.8, 4) is 5.75 Å².